The molecule has 6 rings (SSSR count). The van der Waals surface area contributed by atoms with Gasteiger partial charge in [0.2, 0.25) is 0 Å². The second kappa shape index (κ2) is 8.75. The van der Waals surface area contributed by atoms with Gasteiger partial charge in [-0.2, -0.15) is 5.10 Å². The van der Waals surface area contributed by atoms with Crippen molar-refractivity contribution in [3.63, 3.8) is 0 Å². The van der Waals surface area contributed by atoms with E-state index in [-0.39, 0.29) is 0 Å². The molecule has 0 amide bonds. The highest BCUT2D eigenvalue weighted by molar-refractivity contribution is 7.19. The van der Waals surface area contributed by atoms with Gasteiger partial charge >= 0.3 is 0 Å². The van der Waals surface area contributed by atoms with Gasteiger partial charge in [-0.05, 0) is 74.9 Å². The van der Waals surface area contributed by atoms with Gasteiger partial charge in [0.15, 0.2) is 5.65 Å². The minimum Gasteiger partial charge on any atom is -0.373 e. The normalized spacial score (nSPS) is 19.0. The monoisotopic (exact) mass is 478 g/mol. The summed E-state index contributed by atoms with van der Waals surface area (Å²) < 4.78 is 3.11. The molecule has 4 aromatic rings. The molecule has 0 spiro atoms. The molecule has 7 nitrogen and oxygen atoms in total. The number of pyridine rings is 1. The van der Waals surface area contributed by atoms with Gasteiger partial charge in [0.25, 0.3) is 0 Å². The average molecular weight is 479 g/mol. The number of fused-ring (bicyclic) bond motifs is 2. The fourth-order valence-electron chi connectivity index (χ4n) is 5.79. The Labute approximate surface area is 204 Å². The lowest BCUT2D eigenvalue weighted by Gasteiger charge is -2.46. The number of aromatic nitrogens is 4. The van der Waals surface area contributed by atoms with Crippen LogP contribution in [0, 0.1) is 6.92 Å². The van der Waals surface area contributed by atoms with E-state index in [0.717, 1.165) is 58.8 Å². The molecular formula is C26H34N6OS. The Morgan fingerprint density at radius 1 is 1.15 bits per heavy atom. The van der Waals surface area contributed by atoms with Crippen LogP contribution in [0.25, 0.3) is 27.1 Å². The number of H-pyrrole nitrogens is 1. The van der Waals surface area contributed by atoms with E-state index in [9.17, 15) is 5.11 Å². The molecule has 0 radical (unpaired) electrons. The molecule has 180 valence electrons. The Kier molecular flexibility index (Phi) is 5.72. The van der Waals surface area contributed by atoms with Crippen LogP contribution in [0.5, 0.6) is 0 Å². The van der Waals surface area contributed by atoms with E-state index in [4.69, 9.17) is 0 Å². The van der Waals surface area contributed by atoms with E-state index in [1.807, 2.05) is 4.52 Å². The fourth-order valence-corrected chi connectivity index (χ4v) is 7.10. The van der Waals surface area contributed by atoms with Gasteiger partial charge in [0, 0.05) is 23.8 Å². The average Bonchev–Trinajstić information content (AvgIpc) is 3.50. The molecule has 0 aromatic carbocycles. The van der Waals surface area contributed by atoms with Crippen molar-refractivity contribution in [2.75, 3.05) is 13.1 Å². The Hall–Kier alpha value is -2.26. The maximum atomic E-state index is 11.6. The van der Waals surface area contributed by atoms with E-state index in [2.05, 4.69) is 64.4 Å². The first-order chi connectivity index (χ1) is 16.5. The zero-order chi connectivity index (χ0) is 23.4. The molecule has 1 atom stereocenters. The number of aromatic amines is 1. The number of aryl methyl sites for hydroxylation is 1. The van der Waals surface area contributed by atoms with Crippen molar-refractivity contribution < 1.29 is 5.11 Å². The third-order valence-corrected chi connectivity index (χ3v) is 8.92. The predicted molar refractivity (Wildman–Crippen MR) is 137 cm³/mol. The van der Waals surface area contributed by atoms with E-state index < -0.39 is 6.23 Å². The SMILES string of the molecule is Cc1cc(-c2[nH]c3cc(C(O)N(C4CCC4)C4CCNCC4)sc3c2C(C)C)cn2ncnc12. The fraction of sp³-hybridized carbons (Fsp3) is 0.538. The standard InChI is InChI=1S/C26H34N6OS/c1-15(2)22-23(17-11-16(3)25-28-14-29-31(25)13-17)30-20-12-21(34-24(20)22)26(33)32(18-5-4-6-18)19-7-9-27-10-8-19/h11-15,18-19,26-27,30,33H,4-10H2,1-3H3. The number of rotatable bonds is 6. The lowest BCUT2D eigenvalue weighted by Crippen LogP contribution is -2.51. The van der Waals surface area contributed by atoms with E-state index in [1.54, 1.807) is 17.7 Å². The third kappa shape index (κ3) is 3.68. The molecule has 1 saturated carbocycles. The van der Waals surface area contributed by atoms with Crippen LogP contribution < -0.4 is 5.32 Å². The van der Waals surface area contributed by atoms with Crippen LogP contribution in [-0.2, 0) is 0 Å². The maximum absolute atomic E-state index is 11.6. The zero-order valence-corrected chi connectivity index (χ0v) is 21.0. The van der Waals surface area contributed by atoms with Crippen LogP contribution in [-0.4, -0.2) is 54.8 Å². The summed E-state index contributed by atoms with van der Waals surface area (Å²) in [4.78, 5) is 11.6. The van der Waals surface area contributed by atoms with Crippen molar-refractivity contribution in [2.45, 2.75) is 77.1 Å². The van der Waals surface area contributed by atoms with E-state index in [1.165, 1.54) is 29.5 Å². The lowest BCUT2D eigenvalue weighted by molar-refractivity contribution is -0.0811. The second-order valence-corrected chi connectivity index (χ2v) is 11.4. The molecule has 8 heteroatoms. The van der Waals surface area contributed by atoms with Crippen molar-refractivity contribution in [1.29, 1.82) is 0 Å². The van der Waals surface area contributed by atoms with Crippen LogP contribution in [0.4, 0.5) is 0 Å². The van der Waals surface area contributed by atoms with Crippen LogP contribution in [0.1, 0.15) is 74.1 Å². The number of thiophene rings is 1. The van der Waals surface area contributed by atoms with Crippen LogP contribution in [0.3, 0.4) is 0 Å². The molecule has 2 fully saturated rings. The van der Waals surface area contributed by atoms with Gasteiger partial charge in [-0.1, -0.05) is 20.3 Å². The summed E-state index contributed by atoms with van der Waals surface area (Å²) in [7, 11) is 0. The Bertz CT molecular complexity index is 1310. The number of aliphatic hydroxyl groups is 1. The van der Waals surface area contributed by atoms with Crippen LogP contribution in [0.15, 0.2) is 24.7 Å². The number of nitrogens with one attached hydrogen (secondary N) is 2. The Morgan fingerprint density at radius 2 is 1.91 bits per heavy atom. The predicted octanol–water partition coefficient (Wildman–Crippen LogP) is 4.97. The van der Waals surface area contributed by atoms with Crippen molar-refractivity contribution in [3.8, 4) is 11.3 Å². The number of aliphatic hydroxyl groups excluding tert-OH is 1. The highest BCUT2D eigenvalue weighted by atomic mass is 32.1. The van der Waals surface area contributed by atoms with Crippen LogP contribution >= 0.6 is 11.3 Å². The minimum atomic E-state index is -0.531. The molecule has 34 heavy (non-hydrogen) atoms. The molecule has 4 aromatic heterocycles. The van der Waals surface area contributed by atoms with Crippen LogP contribution in [0.2, 0.25) is 0 Å². The Morgan fingerprint density at radius 3 is 2.62 bits per heavy atom. The van der Waals surface area contributed by atoms with Crippen molar-refractivity contribution in [3.05, 3.63) is 40.7 Å². The summed E-state index contributed by atoms with van der Waals surface area (Å²) in [6.07, 6.45) is 9.04. The number of nitrogens with zero attached hydrogens (tertiary/aromatic N) is 4. The highest BCUT2D eigenvalue weighted by Gasteiger charge is 2.37. The quantitative estimate of drug-likeness (QED) is 0.341. The second-order valence-electron chi connectivity index (χ2n) is 10.3. The van der Waals surface area contributed by atoms with Gasteiger partial charge in [-0.3, -0.25) is 4.90 Å². The third-order valence-electron chi connectivity index (χ3n) is 7.71. The summed E-state index contributed by atoms with van der Waals surface area (Å²) in [6.45, 7) is 8.67. The first kappa shape index (κ1) is 22.2. The summed E-state index contributed by atoms with van der Waals surface area (Å²) in [5.41, 5.74) is 6.70. The van der Waals surface area contributed by atoms with Crippen molar-refractivity contribution >= 4 is 27.2 Å². The van der Waals surface area contributed by atoms with Crippen molar-refractivity contribution in [1.82, 2.24) is 29.8 Å². The smallest absolute Gasteiger partial charge is 0.158 e. The topological polar surface area (TPSA) is 81.5 Å². The van der Waals surface area contributed by atoms with Gasteiger partial charge in [0.1, 0.15) is 12.6 Å². The Balaban J connectivity index is 1.39. The van der Waals surface area contributed by atoms with Gasteiger partial charge in [-0.15, -0.1) is 11.3 Å². The molecule has 3 N–H and O–H groups in total. The molecule has 1 saturated heterocycles. The summed E-state index contributed by atoms with van der Waals surface area (Å²) in [6, 6.07) is 5.35. The number of hydrogen-bond donors (Lipinski definition) is 3. The molecule has 0 bridgehead atoms. The summed E-state index contributed by atoms with van der Waals surface area (Å²) >= 11 is 1.76. The first-order valence-electron chi connectivity index (χ1n) is 12.6. The minimum absolute atomic E-state index is 0.353. The van der Waals surface area contributed by atoms with Crippen molar-refractivity contribution in [2.24, 2.45) is 0 Å². The number of hydrogen-bond acceptors (Lipinski definition) is 6. The summed E-state index contributed by atoms with van der Waals surface area (Å²) in [5.74, 6) is 0.353. The van der Waals surface area contributed by atoms with Gasteiger partial charge in [0.05, 0.1) is 20.8 Å². The van der Waals surface area contributed by atoms with Gasteiger partial charge < -0.3 is 15.4 Å². The molecule has 2 aliphatic rings. The van der Waals surface area contributed by atoms with E-state index >= 15 is 0 Å². The number of piperidine rings is 1. The summed E-state index contributed by atoms with van der Waals surface area (Å²) in [5, 5.41) is 19.5. The highest BCUT2D eigenvalue weighted by Crippen LogP contribution is 2.44. The largest absolute Gasteiger partial charge is 0.373 e. The molecule has 1 unspecified atom stereocenters. The molecular weight excluding hydrogens is 444 g/mol. The maximum Gasteiger partial charge on any atom is 0.158 e. The molecule has 1 aliphatic carbocycles. The molecule has 5 heterocycles. The first-order valence-corrected chi connectivity index (χ1v) is 13.4. The van der Waals surface area contributed by atoms with Gasteiger partial charge in [-0.25, -0.2) is 9.50 Å². The van der Waals surface area contributed by atoms with E-state index in [0.29, 0.717) is 18.0 Å². The lowest BCUT2D eigenvalue weighted by atomic mass is 9.88. The molecule has 1 aliphatic heterocycles. The zero-order valence-electron chi connectivity index (χ0n) is 20.2.